The number of urea groups is 1. The Labute approximate surface area is 208 Å². The molecule has 3 amide bonds. The van der Waals surface area contributed by atoms with Gasteiger partial charge in [-0.05, 0) is 37.1 Å². The standard InChI is InChI=1S/C26H39N5O4/c1-26(2,3)22-17-23(31(29-22)20-11-13-21(35-5)14-12-20)28-24(32)18-30(15-16-34-4)25(33)27-19-9-7-6-8-10-19/h11-14,17,19H,6-10,15-16,18H2,1-5H3,(H,27,33)(H,28,32). The largest absolute Gasteiger partial charge is 0.497 e. The summed E-state index contributed by atoms with van der Waals surface area (Å²) in [7, 11) is 3.20. The smallest absolute Gasteiger partial charge is 0.318 e. The van der Waals surface area contributed by atoms with Crippen molar-refractivity contribution in [2.45, 2.75) is 64.3 Å². The van der Waals surface area contributed by atoms with E-state index in [-0.39, 0.29) is 29.9 Å². The number of aromatic nitrogens is 2. The van der Waals surface area contributed by atoms with Crippen LogP contribution in [0.1, 0.15) is 58.6 Å². The van der Waals surface area contributed by atoms with Crippen molar-refractivity contribution in [3.8, 4) is 11.4 Å². The number of hydrogen-bond donors (Lipinski definition) is 2. The Balaban J connectivity index is 1.76. The van der Waals surface area contributed by atoms with Gasteiger partial charge in [-0.15, -0.1) is 0 Å². The summed E-state index contributed by atoms with van der Waals surface area (Å²) in [5.41, 5.74) is 1.43. The number of carbonyl (C=O) groups is 2. The molecule has 192 valence electrons. The third-order valence-electron chi connectivity index (χ3n) is 6.18. The lowest BCUT2D eigenvalue weighted by Crippen LogP contribution is -2.49. The van der Waals surface area contributed by atoms with Crippen LogP contribution in [0.5, 0.6) is 5.75 Å². The number of methoxy groups -OCH3 is 2. The Morgan fingerprint density at radius 1 is 1.11 bits per heavy atom. The molecule has 0 radical (unpaired) electrons. The number of nitrogens with one attached hydrogen (secondary N) is 2. The average molecular weight is 486 g/mol. The van der Waals surface area contributed by atoms with Crippen molar-refractivity contribution in [1.82, 2.24) is 20.0 Å². The molecule has 3 rings (SSSR count). The highest BCUT2D eigenvalue weighted by Gasteiger charge is 2.24. The average Bonchev–Trinajstić information content (AvgIpc) is 3.26. The zero-order valence-electron chi connectivity index (χ0n) is 21.6. The van der Waals surface area contributed by atoms with Crippen LogP contribution in [0.3, 0.4) is 0 Å². The molecule has 2 aromatic rings. The van der Waals surface area contributed by atoms with E-state index in [4.69, 9.17) is 14.6 Å². The van der Waals surface area contributed by atoms with Gasteiger partial charge in [0.2, 0.25) is 5.91 Å². The van der Waals surface area contributed by atoms with Gasteiger partial charge in [0, 0.05) is 31.2 Å². The minimum absolute atomic E-state index is 0.0828. The molecule has 0 aliphatic heterocycles. The highest BCUT2D eigenvalue weighted by atomic mass is 16.5. The van der Waals surface area contributed by atoms with Gasteiger partial charge in [-0.25, -0.2) is 9.48 Å². The first-order valence-corrected chi connectivity index (χ1v) is 12.3. The zero-order valence-corrected chi connectivity index (χ0v) is 21.6. The second kappa shape index (κ2) is 12.1. The Morgan fingerprint density at radius 3 is 2.40 bits per heavy atom. The van der Waals surface area contributed by atoms with Crippen LogP contribution >= 0.6 is 0 Å². The molecule has 0 saturated heterocycles. The Hall–Kier alpha value is -3.07. The predicted molar refractivity (Wildman–Crippen MR) is 136 cm³/mol. The van der Waals surface area contributed by atoms with Crippen molar-refractivity contribution in [3.05, 3.63) is 36.0 Å². The van der Waals surface area contributed by atoms with Crippen LogP contribution in [0.25, 0.3) is 5.69 Å². The number of benzene rings is 1. The zero-order chi connectivity index (χ0) is 25.4. The first-order valence-electron chi connectivity index (χ1n) is 12.3. The van der Waals surface area contributed by atoms with Gasteiger partial charge in [-0.2, -0.15) is 5.10 Å². The number of carbonyl (C=O) groups excluding carboxylic acids is 2. The molecule has 0 spiro atoms. The number of nitrogens with zero attached hydrogens (tertiary/aromatic N) is 3. The number of hydrogen-bond acceptors (Lipinski definition) is 5. The fourth-order valence-corrected chi connectivity index (χ4v) is 4.08. The second-order valence-electron chi connectivity index (χ2n) is 10.0. The second-order valence-corrected chi connectivity index (χ2v) is 10.0. The van der Waals surface area contributed by atoms with E-state index in [0.29, 0.717) is 19.0 Å². The molecular formula is C26H39N5O4. The summed E-state index contributed by atoms with van der Waals surface area (Å²) in [6, 6.07) is 9.28. The minimum atomic E-state index is -0.296. The van der Waals surface area contributed by atoms with Crippen LogP contribution in [0.2, 0.25) is 0 Å². The number of anilines is 1. The summed E-state index contributed by atoms with van der Waals surface area (Å²) in [5.74, 6) is 0.986. The third-order valence-corrected chi connectivity index (χ3v) is 6.18. The summed E-state index contributed by atoms with van der Waals surface area (Å²) >= 11 is 0. The van der Waals surface area contributed by atoms with Crippen LogP contribution in [-0.2, 0) is 14.9 Å². The first-order chi connectivity index (χ1) is 16.7. The van der Waals surface area contributed by atoms with Crippen molar-refractivity contribution in [1.29, 1.82) is 0 Å². The van der Waals surface area contributed by atoms with Crippen LogP contribution in [0, 0.1) is 0 Å². The Morgan fingerprint density at radius 2 is 1.80 bits per heavy atom. The minimum Gasteiger partial charge on any atom is -0.497 e. The van der Waals surface area contributed by atoms with Gasteiger partial charge in [0.05, 0.1) is 25.1 Å². The number of amides is 3. The molecule has 1 fully saturated rings. The molecule has 1 aromatic carbocycles. The van der Waals surface area contributed by atoms with Crippen molar-refractivity contribution < 1.29 is 19.1 Å². The molecule has 2 N–H and O–H groups in total. The molecule has 9 nitrogen and oxygen atoms in total. The molecule has 35 heavy (non-hydrogen) atoms. The molecule has 1 saturated carbocycles. The maximum atomic E-state index is 13.1. The molecule has 1 heterocycles. The van der Waals surface area contributed by atoms with E-state index in [9.17, 15) is 9.59 Å². The van der Waals surface area contributed by atoms with E-state index in [0.717, 1.165) is 42.8 Å². The quantitative estimate of drug-likeness (QED) is 0.557. The first kappa shape index (κ1) is 26.5. The molecule has 1 aliphatic rings. The summed E-state index contributed by atoms with van der Waals surface area (Å²) in [6.07, 6.45) is 5.41. The lowest BCUT2D eigenvalue weighted by atomic mass is 9.92. The molecule has 0 bridgehead atoms. The van der Waals surface area contributed by atoms with E-state index in [1.165, 1.54) is 11.3 Å². The highest BCUT2D eigenvalue weighted by Crippen LogP contribution is 2.27. The van der Waals surface area contributed by atoms with E-state index in [1.54, 1.807) is 18.9 Å². The van der Waals surface area contributed by atoms with Gasteiger partial charge in [-0.1, -0.05) is 40.0 Å². The Bertz CT molecular complexity index is 975. The summed E-state index contributed by atoms with van der Waals surface area (Å²) in [6.45, 7) is 6.81. The van der Waals surface area contributed by atoms with Gasteiger partial charge in [0.1, 0.15) is 18.1 Å². The van der Waals surface area contributed by atoms with Gasteiger partial charge in [-0.3, -0.25) is 4.79 Å². The van der Waals surface area contributed by atoms with Gasteiger partial charge < -0.3 is 25.0 Å². The van der Waals surface area contributed by atoms with Crippen LogP contribution in [0.4, 0.5) is 10.6 Å². The van der Waals surface area contributed by atoms with Gasteiger partial charge in [0.25, 0.3) is 0 Å². The lowest BCUT2D eigenvalue weighted by Gasteiger charge is -2.28. The molecule has 9 heteroatoms. The third kappa shape index (κ3) is 7.45. The summed E-state index contributed by atoms with van der Waals surface area (Å²) < 4.78 is 12.1. The van der Waals surface area contributed by atoms with Gasteiger partial charge >= 0.3 is 6.03 Å². The SMILES string of the molecule is COCCN(CC(=O)Nc1cc(C(C)(C)C)nn1-c1ccc(OC)cc1)C(=O)NC1CCCCC1. The van der Waals surface area contributed by atoms with E-state index in [1.807, 2.05) is 30.3 Å². The maximum absolute atomic E-state index is 13.1. The predicted octanol–water partition coefficient (Wildman–Crippen LogP) is 4.11. The fourth-order valence-electron chi connectivity index (χ4n) is 4.08. The lowest BCUT2D eigenvalue weighted by molar-refractivity contribution is -0.116. The monoisotopic (exact) mass is 485 g/mol. The maximum Gasteiger partial charge on any atom is 0.318 e. The molecule has 1 aromatic heterocycles. The van der Waals surface area contributed by atoms with Crippen molar-refractivity contribution >= 4 is 17.8 Å². The molecule has 1 aliphatic carbocycles. The highest BCUT2D eigenvalue weighted by molar-refractivity contribution is 5.94. The number of ether oxygens (including phenoxy) is 2. The van der Waals surface area contributed by atoms with Crippen molar-refractivity contribution in [3.63, 3.8) is 0 Å². The van der Waals surface area contributed by atoms with Gasteiger partial charge in [0.15, 0.2) is 0 Å². The summed E-state index contributed by atoms with van der Waals surface area (Å²) in [5, 5.41) is 10.8. The molecule has 0 atom stereocenters. The topological polar surface area (TPSA) is 97.7 Å². The van der Waals surface area contributed by atoms with Crippen LogP contribution in [-0.4, -0.2) is 66.6 Å². The fraction of sp³-hybridized carbons (Fsp3) is 0.577. The summed E-state index contributed by atoms with van der Waals surface area (Å²) in [4.78, 5) is 27.5. The normalized spacial score (nSPS) is 14.4. The van der Waals surface area contributed by atoms with E-state index in [2.05, 4.69) is 31.4 Å². The molecular weight excluding hydrogens is 446 g/mol. The van der Waals surface area contributed by atoms with E-state index < -0.39 is 0 Å². The van der Waals surface area contributed by atoms with Crippen molar-refractivity contribution in [2.24, 2.45) is 0 Å². The molecule has 0 unspecified atom stereocenters. The Kier molecular flexibility index (Phi) is 9.14. The van der Waals surface area contributed by atoms with Crippen LogP contribution < -0.4 is 15.4 Å². The number of rotatable bonds is 9. The van der Waals surface area contributed by atoms with E-state index >= 15 is 0 Å². The van der Waals surface area contributed by atoms with Crippen LogP contribution in [0.15, 0.2) is 30.3 Å². The van der Waals surface area contributed by atoms with Crippen molar-refractivity contribution in [2.75, 3.05) is 39.2 Å².